The average Bonchev–Trinajstić information content (AvgIpc) is 2.86. The summed E-state index contributed by atoms with van der Waals surface area (Å²) in [7, 11) is 0. The van der Waals surface area contributed by atoms with Crippen molar-refractivity contribution in [3.8, 4) is 0 Å². The van der Waals surface area contributed by atoms with Crippen LogP contribution in [0.15, 0.2) is 0 Å². The van der Waals surface area contributed by atoms with Gasteiger partial charge in [0.1, 0.15) is 0 Å². The number of amides is 1. The van der Waals surface area contributed by atoms with E-state index in [-0.39, 0.29) is 11.9 Å². The zero-order chi connectivity index (χ0) is 14.7. The molecule has 5 heteroatoms. The highest BCUT2D eigenvalue weighted by Crippen LogP contribution is 2.38. The Morgan fingerprint density at radius 2 is 1.80 bits per heavy atom. The second-order valence-electron chi connectivity index (χ2n) is 6.26. The predicted octanol–water partition coefficient (Wildman–Crippen LogP) is 1.54. The van der Waals surface area contributed by atoms with Gasteiger partial charge in [0.05, 0.1) is 24.0 Å². The molecule has 2 fully saturated rings. The molecule has 2 rings (SSSR count). The van der Waals surface area contributed by atoms with Gasteiger partial charge in [-0.15, -0.1) is 0 Å². The van der Waals surface area contributed by atoms with Crippen molar-refractivity contribution in [3.05, 3.63) is 0 Å². The summed E-state index contributed by atoms with van der Waals surface area (Å²) in [6, 6.07) is -0.202. The number of nitrogens with one attached hydrogen (secondary N) is 1. The predicted molar refractivity (Wildman–Crippen MR) is 74.0 cm³/mol. The number of hydrogen-bond acceptors (Lipinski definition) is 3. The Morgan fingerprint density at radius 3 is 2.40 bits per heavy atom. The van der Waals surface area contributed by atoms with Gasteiger partial charge in [-0.05, 0) is 31.6 Å². The molecule has 2 aliphatic rings. The van der Waals surface area contributed by atoms with E-state index in [2.05, 4.69) is 5.32 Å². The Bertz CT molecular complexity index is 371. The number of carboxylic acids is 1. The first-order valence-corrected chi connectivity index (χ1v) is 7.74. The van der Waals surface area contributed by atoms with Gasteiger partial charge in [-0.25, -0.2) is 0 Å². The summed E-state index contributed by atoms with van der Waals surface area (Å²) in [5.74, 6) is -1.74. The fourth-order valence-electron chi connectivity index (χ4n) is 3.61. The maximum atomic E-state index is 12.3. The second-order valence-corrected chi connectivity index (χ2v) is 6.26. The molecule has 0 aliphatic heterocycles. The molecule has 3 unspecified atom stereocenters. The topological polar surface area (TPSA) is 86.6 Å². The first-order chi connectivity index (χ1) is 9.52. The maximum Gasteiger partial charge on any atom is 0.307 e. The Kier molecular flexibility index (Phi) is 5.02. The maximum absolute atomic E-state index is 12.3. The Balaban J connectivity index is 1.98. The smallest absolute Gasteiger partial charge is 0.307 e. The van der Waals surface area contributed by atoms with E-state index in [0.29, 0.717) is 18.8 Å². The number of aliphatic hydroxyl groups is 1. The summed E-state index contributed by atoms with van der Waals surface area (Å²) < 4.78 is 0. The number of carbonyl (C=O) groups excluding carboxylic acids is 1. The van der Waals surface area contributed by atoms with Crippen molar-refractivity contribution in [2.24, 2.45) is 17.8 Å². The molecule has 5 atom stereocenters. The highest BCUT2D eigenvalue weighted by molar-refractivity contribution is 5.85. The summed E-state index contributed by atoms with van der Waals surface area (Å²) in [5.41, 5.74) is 0. The van der Waals surface area contributed by atoms with Crippen LogP contribution >= 0.6 is 0 Å². The van der Waals surface area contributed by atoms with Gasteiger partial charge >= 0.3 is 5.97 Å². The molecule has 5 nitrogen and oxygen atoms in total. The van der Waals surface area contributed by atoms with Crippen LogP contribution in [0.1, 0.15) is 51.9 Å². The molecule has 114 valence electrons. The summed E-state index contributed by atoms with van der Waals surface area (Å²) in [4.78, 5) is 23.7. The van der Waals surface area contributed by atoms with Crippen LogP contribution in [-0.4, -0.2) is 34.2 Å². The van der Waals surface area contributed by atoms with Crippen LogP contribution in [0.3, 0.4) is 0 Å². The van der Waals surface area contributed by atoms with E-state index in [1.165, 1.54) is 0 Å². The fourth-order valence-corrected chi connectivity index (χ4v) is 3.61. The molecule has 0 aromatic heterocycles. The summed E-state index contributed by atoms with van der Waals surface area (Å²) >= 11 is 0. The number of carbonyl (C=O) groups is 2. The van der Waals surface area contributed by atoms with E-state index in [4.69, 9.17) is 0 Å². The Morgan fingerprint density at radius 1 is 1.15 bits per heavy atom. The van der Waals surface area contributed by atoms with Crippen LogP contribution in [0.4, 0.5) is 0 Å². The molecular weight excluding hydrogens is 258 g/mol. The van der Waals surface area contributed by atoms with Crippen molar-refractivity contribution in [3.63, 3.8) is 0 Å². The fraction of sp³-hybridized carbons (Fsp3) is 0.867. The molecule has 20 heavy (non-hydrogen) atoms. The third-order valence-electron chi connectivity index (χ3n) is 4.95. The summed E-state index contributed by atoms with van der Waals surface area (Å²) in [5, 5.41) is 22.1. The normalized spacial score (nSPS) is 37.6. The van der Waals surface area contributed by atoms with E-state index in [1.807, 2.05) is 6.92 Å². The van der Waals surface area contributed by atoms with Crippen molar-refractivity contribution in [2.45, 2.75) is 64.0 Å². The van der Waals surface area contributed by atoms with E-state index in [9.17, 15) is 19.8 Å². The molecule has 2 saturated carbocycles. The van der Waals surface area contributed by atoms with Gasteiger partial charge in [0.2, 0.25) is 5.91 Å². The molecule has 3 N–H and O–H groups in total. The standard InChI is InChI=1S/C15H25NO4/c1-2-9-7-10(11(8-9)15(19)20)14(18)16-12-5-3-4-6-13(12)17/h9-13,17H,2-8H2,1H3,(H,16,18)(H,19,20)/t9?,10-,11+,12?,13?/m0/s1. The van der Waals surface area contributed by atoms with Crippen LogP contribution in [0.2, 0.25) is 0 Å². The van der Waals surface area contributed by atoms with Gasteiger partial charge in [-0.2, -0.15) is 0 Å². The number of aliphatic hydroxyl groups excluding tert-OH is 1. The molecule has 0 aromatic rings. The van der Waals surface area contributed by atoms with Crippen molar-refractivity contribution >= 4 is 11.9 Å². The van der Waals surface area contributed by atoms with Crippen LogP contribution in [0, 0.1) is 17.8 Å². The number of carboxylic acid groups (broad SMARTS) is 1. The summed E-state index contributed by atoms with van der Waals surface area (Å²) in [6.07, 6.45) is 5.18. The molecule has 1 amide bonds. The highest BCUT2D eigenvalue weighted by atomic mass is 16.4. The third kappa shape index (κ3) is 3.32. The minimum Gasteiger partial charge on any atom is -0.481 e. The molecule has 0 aromatic carbocycles. The second kappa shape index (κ2) is 6.57. The first-order valence-electron chi connectivity index (χ1n) is 7.74. The van der Waals surface area contributed by atoms with Crippen LogP contribution in [0.25, 0.3) is 0 Å². The molecule has 0 radical (unpaired) electrons. The summed E-state index contributed by atoms with van der Waals surface area (Å²) in [6.45, 7) is 2.04. The quantitative estimate of drug-likeness (QED) is 0.730. The van der Waals surface area contributed by atoms with E-state index >= 15 is 0 Å². The van der Waals surface area contributed by atoms with Gasteiger partial charge in [-0.3, -0.25) is 9.59 Å². The lowest BCUT2D eigenvalue weighted by molar-refractivity contribution is -0.146. The Labute approximate surface area is 119 Å². The Hall–Kier alpha value is -1.10. The largest absolute Gasteiger partial charge is 0.481 e. The van der Waals surface area contributed by atoms with Gasteiger partial charge in [-0.1, -0.05) is 26.2 Å². The molecule has 0 heterocycles. The average molecular weight is 283 g/mol. The van der Waals surface area contributed by atoms with Gasteiger partial charge in [0, 0.05) is 0 Å². The lowest BCUT2D eigenvalue weighted by Gasteiger charge is -2.29. The van der Waals surface area contributed by atoms with Crippen LogP contribution in [-0.2, 0) is 9.59 Å². The first kappa shape index (κ1) is 15.3. The lowest BCUT2D eigenvalue weighted by Crippen LogP contribution is -2.48. The minimum atomic E-state index is -0.870. The van der Waals surface area contributed by atoms with E-state index < -0.39 is 23.9 Å². The molecule has 0 saturated heterocycles. The van der Waals surface area contributed by atoms with Crippen molar-refractivity contribution in [1.29, 1.82) is 0 Å². The minimum absolute atomic E-state index is 0.181. The van der Waals surface area contributed by atoms with Gasteiger partial charge in [0.25, 0.3) is 0 Å². The number of aliphatic carboxylic acids is 1. The van der Waals surface area contributed by atoms with E-state index in [0.717, 1.165) is 32.1 Å². The van der Waals surface area contributed by atoms with Crippen LogP contribution in [0.5, 0.6) is 0 Å². The van der Waals surface area contributed by atoms with Crippen molar-refractivity contribution in [1.82, 2.24) is 5.32 Å². The molecule has 2 aliphatic carbocycles. The van der Waals surface area contributed by atoms with Gasteiger partial charge in [0.15, 0.2) is 0 Å². The zero-order valence-electron chi connectivity index (χ0n) is 12.0. The number of hydrogen-bond donors (Lipinski definition) is 3. The van der Waals surface area contributed by atoms with Gasteiger partial charge < -0.3 is 15.5 Å². The number of rotatable bonds is 4. The lowest BCUT2D eigenvalue weighted by atomic mass is 9.90. The van der Waals surface area contributed by atoms with E-state index in [1.54, 1.807) is 0 Å². The van der Waals surface area contributed by atoms with Crippen molar-refractivity contribution < 1.29 is 19.8 Å². The zero-order valence-corrected chi connectivity index (χ0v) is 12.0. The van der Waals surface area contributed by atoms with Crippen LogP contribution < -0.4 is 5.32 Å². The third-order valence-corrected chi connectivity index (χ3v) is 4.95. The molecule has 0 bridgehead atoms. The highest BCUT2D eigenvalue weighted by Gasteiger charge is 2.42. The molecular formula is C15H25NO4. The SMILES string of the molecule is CCC1C[C@H](C(=O)NC2CCCCC2O)[C@H](C(=O)O)C1. The molecule has 0 spiro atoms. The van der Waals surface area contributed by atoms with Crippen molar-refractivity contribution in [2.75, 3.05) is 0 Å². The monoisotopic (exact) mass is 283 g/mol.